The van der Waals surface area contributed by atoms with Crippen LogP contribution in [0.15, 0.2) is 18.2 Å². The van der Waals surface area contributed by atoms with E-state index in [0.717, 1.165) is 37.8 Å². The lowest BCUT2D eigenvalue weighted by Crippen LogP contribution is -2.04. The molecule has 1 N–H and O–H groups in total. The molecule has 5 nitrogen and oxygen atoms in total. The van der Waals surface area contributed by atoms with E-state index in [4.69, 9.17) is 4.74 Å². The van der Waals surface area contributed by atoms with Gasteiger partial charge in [0, 0.05) is 19.2 Å². The van der Waals surface area contributed by atoms with Crippen LogP contribution in [0.25, 0.3) is 0 Å². The maximum Gasteiger partial charge on any atom is 0.292 e. The number of rotatable bonds is 10. The standard InChI is InChI=1S/C15H24N2O3/c1-3-5-6-10-20-12-13-7-8-14(16-9-4-2)15(11-13)17(18)19/h7-8,11,16H,3-6,9-10,12H2,1-2H3. The number of nitro benzene ring substituents is 1. The van der Waals surface area contributed by atoms with E-state index in [-0.39, 0.29) is 10.6 Å². The normalized spacial score (nSPS) is 10.5. The zero-order chi connectivity index (χ0) is 14.8. The fourth-order valence-electron chi connectivity index (χ4n) is 1.87. The summed E-state index contributed by atoms with van der Waals surface area (Å²) in [4.78, 5) is 10.7. The van der Waals surface area contributed by atoms with Gasteiger partial charge in [0.25, 0.3) is 5.69 Å². The van der Waals surface area contributed by atoms with Crippen LogP contribution >= 0.6 is 0 Å². The first-order valence-corrected chi connectivity index (χ1v) is 7.28. The van der Waals surface area contributed by atoms with Crippen LogP contribution in [0.2, 0.25) is 0 Å². The van der Waals surface area contributed by atoms with Gasteiger partial charge in [0.2, 0.25) is 0 Å². The summed E-state index contributed by atoms with van der Waals surface area (Å²) >= 11 is 0. The number of ether oxygens (including phenoxy) is 1. The Morgan fingerprint density at radius 3 is 2.70 bits per heavy atom. The van der Waals surface area contributed by atoms with Crippen LogP contribution < -0.4 is 5.32 Å². The molecule has 0 saturated carbocycles. The Kier molecular flexibility index (Phi) is 7.65. The van der Waals surface area contributed by atoms with E-state index in [0.29, 0.717) is 18.9 Å². The van der Waals surface area contributed by atoms with Crippen LogP contribution in [0, 0.1) is 10.1 Å². The fourth-order valence-corrected chi connectivity index (χ4v) is 1.87. The molecule has 1 aromatic rings. The largest absolute Gasteiger partial charge is 0.380 e. The minimum Gasteiger partial charge on any atom is -0.380 e. The maximum atomic E-state index is 11.1. The van der Waals surface area contributed by atoms with Crippen molar-refractivity contribution in [1.82, 2.24) is 0 Å². The molecule has 0 saturated heterocycles. The van der Waals surface area contributed by atoms with E-state index < -0.39 is 0 Å². The quantitative estimate of drug-likeness (QED) is 0.398. The number of hydrogen-bond acceptors (Lipinski definition) is 4. The number of nitro groups is 1. The van der Waals surface area contributed by atoms with Gasteiger partial charge >= 0.3 is 0 Å². The van der Waals surface area contributed by atoms with Crippen molar-refractivity contribution in [2.75, 3.05) is 18.5 Å². The summed E-state index contributed by atoms with van der Waals surface area (Å²) in [7, 11) is 0. The van der Waals surface area contributed by atoms with Gasteiger partial charge in [0.05, 0.1) is 11.5 Å². The zero-order valence-corrected chi connectivity index (χ0v) is 12.4. The van der Waals surface area contributed by atoms with Crippen molar-refractivity contribution in [2.45, 2.75) is 46.1 Å². The highest BCUT2D eigenvalue weighted by Gasteiger charge is 2.14. The van der Waals surface area contributed by atoms with E-state index in [1.807, 2.05) is 13.0 Å². The van der Waals surface area contributed by atoms with Crippen LogP contribution in [-0.2, 0) is 11.3 Å². The Morgan fingerprint density at radius 2 is 2.05 bits per heavy atom. The summed E-state index contributed by atoms with van der Waals surface area (Å²) in [6, 6.07) is 5.24. The Bertz CT molecular complexity index is 422. The average Bonchev–Trinajstić information content (AvgIpc) is 2.45. The van der Waals surface area contributed by atoms with Crippen molar-refractivity contribution in [2.24, 2.45) is 0 Å². The molecule has 0 fully saturated rings. The number of anilines is 1. The van der Waals surface area contributed by atoms with E-state index in [1.54, 1.807) is 12.1 Å². The van der Waals surface area contributed by atoms with Crippen molar-refractivity contribution in [3.8, 4) is 0 Å². The molecule has 0 spiro atoms. The molecule has 0 bridgehead atoms. The molecule has 0 aromatic heterocycles. The van der Waals surface area contributed by atoms with Crippen LogP contribution in [0.5, 0.6) is 0 Å². The van der Waals surface area contributed by atoms with Gasteiger partial charge in [-0.3, -0.25) is 10.1 Å². The minimum atomic E-state index is -0.349. The number of nitrogens with one attached hydrogen (secondary N) is 1. The van der Waals surface area contributed by atoms with Crippen molar-refractivity contribution in [1.29, 1.82) is 0 Å². The fraction of sp³-hybridized carbons (Fsp3) is 0.600. The Morgan fingerprint density at radius 1 is 1.25 bits per heavy atom. The van der Waals surface area contributed by atoms with Gasteiger partial charge in [-0.05, 0) is 24.5 Å². The van der Waals surface area contributed by atoms with Crippen LogP contribution in [0.3, 0.4) is 0 Å². The molecule has 0 aliphatic rings. The zero-order valence-electron chi connectivity index (χ0n) is 12.4. The highest BCUT2D eigenvalue weighted by atomic mass is 16.6. The van der Waals surface area contributed by atoms with Crippen molar-refractivity contribution in [3.63, 3.8) is 0 Å². The van der Waals surface area contributed by atoms with Gasteiger partial charge in [-0.15, -0.1) is 0 Å². The summed E-state index contributed by atoms with van der Waals surface area (Å²) in [5.41, 5.74) is 1.54. The Labute approximate surface area is 120 Å². The number of benzene rings is 1. The molecule has 0 amide bonds. The van der Waals surface area contributed by atoms with E-state index >= 15 is 0 Å². The molecule has 112 valence electrons. The third-order valence-corrected chi connectivity index (χ3v) is 2.99. The van der Waals surface area contributed by atoms with Crippen LogP contribution in [0.1, 0.15) is 45.1 Å². The second-order valence-electron chi connectivity index (χ2n) is 4.80. The molecule has 0 heterocycles. The van der Waals surface area contributed by atoms with Gasteiger partial charge in [-0.25, -0.2) is 0 Å². The number of nitrogens with zero attached hydrogens (tertiary/aromatic N) is 1. The molecule has 0 aliphatic carbocycles. The average molecular weight is 280 g/mol. The lowest BCUT2D eigenvalue weighted by Gasteiger charge is -2.08. The molecule has 0 radical (unpaired) electrons. The molecule has 0 unspecified atom stereocenters. The monoisotopic (exact) mass is 280 g/mol. The smallest absolute Gasteiger partial charge is 0.292 e. The number of unbranched alkanes of at least 4 members (excludes halogenated alkanes) is 2. The van der Waals surface area contributed by atoms with Gasteiger partial charge in [0.1, 0.15) is 5.69 Å². The van der Waals surface area contributed by atoms with Crippen LogP contribution in [-0.4, -0.2) is 18.1 Å². The second kappa shape index (κ2) is 9.31. The van der Waals surface area contributed by atoms with Gasteiger partial charge < -0.3 is 10.1 Å². The van der Waals surface area contributed by atoms with E-state index in [9.17, 15) is 10.1 Å². The lowest BCUT2D eigenvalue weighted by molar-refractivity contribution is -0.384. The first-order valence-electron chi connectivity index (χ1n) is 7.28. The summed E-state index contributed by atoms with van der Waals surface area (Å²) < 4.78 is 5.53. The first kappa shape index (κ1) is 16.4. The predicted octanol–water partition coefficient (Wildman–Crippen LogP) is 4.12. The lowest BCUT2D eigenvalue weighted by atomic mass is 10.2. The van der Waals surface area contributed by atoms with Gasteiger partial charge in [-0.1, -0.05) is 32.8 Å². The Balaban J connectivity index is 2.60. The maximum absolute atomic E-state index is 11.1. The molecule has 0 aliphatic heterocycles. The predicted molar refractivity (Wildman–Crippen MR) is 81.1 cm³/mol. The highest BCUT2D eigenvalue weighted by Crippen LogP contribution is 2.25. The molecular weight excluding hydrogens is 256 g/mol. The molecule has 0 atom stereocenters. The summed E-state index contributed by atoms with van der Waals surface area (Å²) in [5.74, 6) is 0. The topological polar surface area (TPSA) is 64.4 Å². The van der Waals surface area contributed by atoms with E-state index in [2.05, 4.69) is 12.2 Å². The van der Waals surface area contributed by atoms with Crippen molar-refractivity contribution in [3.05, 3.63) is 33.9 Å². The van der Waals surface area contributed by atoms with Gasteiger partial charge in [0.15, 0.2) is 0 Å². The highest BCUT2D eigenvalue weighted by molar-refractivity contribution is 5.62. The van der Waals surface area contributed by atoms with Crippen molar-refractivity contribution >= 4 is 11.4 Å². The summed E-state index contributed by atoms with van der Waals surface area (Å²) in [5, 5.41) is 14.2. The third kappa shape index (κ3) is 5.57. The van der Waals surface area contributed by atoms with Gasteiger partial charge in [-0.2, -0.15) is 0 Å². The molecule has 1 aromatic carbocycles. The first-order chi connectivity index (χ1) is 9.69. The molecule has 1 rings (SSSR count). The second-order valence-corrected chi connectivity index (χ2v) is 4.80. The molecular formula is C15H24N2O3. The number of hydrogen-bond donors (Lipinski definition) is 1. The van der Waals surface area contributed by atoms with Crippen LogP contribution in [0.4, 0.5) is 11.4 Å². The minimum absolute atomic E-state index is 0.119. The Hall–Kier alpha value is -1.62. The summed E-state index contributed by atoms with van der Waals surface area (Å²) in [6.07, 6.45) is 4.28. The molecule has 20 heavy (non-hydrogen) atoms. The third-order valence-electron chi connectivity index (χ3n) is 2.99. The molecule has 5 heteroatoms. The SMILES string of the molecule is CCCCCOCc1ccc(NCCC)c([N+](=O)[O-])c1. The van der Waals surface area contributed by atoms with E-state index in [1.165, 1.54) is 0 Å². The summed E-state index contributed by atoms with van der Waals surface area (Å²) in [6.45, 7) is 6.03. The van der Waals surface area contributed by atoms with Crippen molar-refractivity contribution < 1.29 is 9.66 Å².